The van der Waals surface area contributed by atoms with Crippen molar-refractivity contribution in [2.45, 2.75) is 37.3 Å². The lowest BCUT2D eigenvalue weighted by atomic mass is 9.90. The Hall–Kier alpha value is -1.72. The number of nitrogens with zero attached hydrogens (tertiary/aromatic N) is 4. The maximum absolute atomic E-state index is 4.67. The van der Waals surface area contributed by atoms with E-state index in [1.54, 1.807) is 0 Å². The average Bonchev–Trinajstić information content (AvgIpc) is 3.13. The quantitative estimate of drug-likeness (QED) is 0.940. The van der Waals surface area contributed by atoms with Gasteiger partial charge in [-0.1, -0.05) is 6.07 Å². The average molecular weight is 311 g/mol. The van der Waals surface area contributed by atoms with Crippen LogP contribution in [0.2, 0.25) is 0 Å². The molecule has 1 unspecified atom stereocenters. The first-order chi connectivity index (χ1) is 11.2. The van der Waals surface area contributed by atoms with Gasteiger partial charge in [-0.15, -0.1) is 0 Å². The predicted octanol–water partition coefficient (Wildman–Crippen LogP) is 1.88. The van der Waals surface area contributed by atoms with Gasteiger partial charge in [-0.25, -0.2) is 4.98 Å². The largest absolute Gasteiger partial charge is 0.337 e. The van der Waals surface area contributed by atoms with Crippen molar-refractivity contribution in [3.63, 3.8) is 0 Å². The molecule has 0 radical (unpaired) electrons. The fourth-order valence-electron chi connectivity index (χ4n) is 4.22. The number of likely N-dealkylation sites (tertiary alicyclic amines) is 1. The smallest absolute Gasteiger partial charge is 0.0945 e. The summed E-state index contributed by atoms with van der Waals surface area (Å²) < 4.78 is 2.16. The molecule has 1 N–H and O–H groups in total. The highest BCUT2D eigenvalue weighted by atomic mass is 15.2. The van der Waals surface area contributed by atoms with Gasteiger partial charge in [0.2, 0.25) is 0 Å². The van der Waals surface area contributed by atoms with E-state index in [4.69, 9.17) is 0 Å². The summed E-state index contributed by atoms with van der Waals surface area (Å²) in [7, 11) is 4.30. The third-order valence-electron chi connectivity index (χ3n) is 5.35. The SMILES string of the molecule is CN1C[C@@H](NC2CCCc3cccnc32)[C@H](c2cncn2C)C1. The molecule has 0 saturated carbocycles. The molecule has 3 heterocycles. The first kappa shape index (κ1) is 14.8. The minimum atomic E-state index is 0.382. The number of nitrogens with one attached hydrogen (secondary N) is 1. The van der Waals surface area contributed by atoms with E-state index in [2.05, 4.69) is 51.0 Å². The lowest BCUT2D eigenvalue weighted by Crippen LogP contribution is -2.40. The summed E-state index contributed by atoms with van der Waals surface area (Å²) in [6.07, 6.45) is 9.45. The van der Waals surface area contributed by atoms with Crippen molar-refractivity contribution in [3.8, 4) is 0 Å². The Balaban J connectivity index is 1.57. The zero-order valence-electron chi connectivity index (χ0n) is 13.9. The first-order valence-electron chi connectivity index (χ1n) is 8.57. The Morgan fingerprint density at radius 1 is 1.26 bits per heavy atom. The van der Waals surface area contributed by atoms with E-state index in [1.165, 1.54) is 29.8 Å². The molecule has 1 aliphatic heterocycles. The highest BCUT2D eigenvalue weighted by Crippen LogP contribution is 2.32. The van der Waals surface area contributed by atoms with E-state index in [0.29, 0.717) is 18.0 Å². The van der Waals surface area contributed by atoms with Crippen molar-refractivity contribution in [2.75, 3.05) is 20.1 Å². The third kappa shape index (κ3) is 2.79. The van der Waals surface area contributed by atoms with Crippen LogP contribution in [-0.2, 0) is 13.5 Å². The molecule has 0 amide bonds. The summed E-state index contributed by atoms with van der Waals surface area (Å²) in [6.45, 7) is 2.16. The third-order valence-corrected chi connectivity index (χ3v) is 5.35. The Bertz CT molecular complexity index is 680. The lowest BCUT2D eigenvalue weighted by molar-refractivity contribution is 0.358. The summed E-state index contributed by atoms with van der Waals surface area (Å²) in [5.41, 5.74) is 4.00. The van der Waals surface area contributed by atoms with E-state index in [9.17, 15) is 0 Å². The zero-order chi connectivity index (χ0) is 15.8. The second kappa shape index (κ2) is 6.06. The van der Waals surface area contributed by atoms with Gasteiger partial charge in [0, 0.05) is 50.2 Å². The summed E-state index contributed by atoms with van der Waals surface area (Å²) in [5.74, 6) is 0.488. The molecule has 4 rings (SSSR count). The molecular weight excluding hydrogens is 286 g/mol. The number of hydrogen-bond acceptors (Lipinski definition) is 4. The van der Waals surface area contributed by atoms with Crippen LogP contribution in [0.4, 0.5) is 0 Å². The number of imidazole rings is 1. The van der Waals surface area contributed by atoms with E-state index in [-0.39, 0.29) is 0 Å². The number of likely N-dealkylation sites (N-methyl/N-ethyl adjacent to an activating group) is 1. The molecule has 122 valence electrons. The molecular formula is C18H25N5. The summed E-state index contributed by atoms with van der Waals surface area (Å²) in [5, 5.41) is 3.92. The highest BCUT2D eigenvalue weighted by molar-refractivity contribution is 5.26. The standard InChI is InChI=1S/C18H25N5/c1-22-10-14(17-9-19-12-23(17)2)16(11-22)21-15-7-3-5-13-6-4-8-20-18(13)15/h4,6,8-9,12,14-16,21H,3,5,7,10-11H2,1-2H3/t14-,15?,16-/m1/s1. The second-order valence-electron chi connectivity index (χ2n) is 7.02. The van der Waals surface area contributed by atoms with Crippen molar-refractivity contribution in [3.05, 3.63) is 47.8 Å². The lowest BCUT2D eigenvalue weighted by Gasteiger charge is -2.30. The molecule has 2 aliphatic rings. The van der Waals surface area contributed by atoms with Gasteiger partial charge in [-0.05, 0) is 37.9 Å². The van der Waals surface area contributed by atoms with Gasteiger partial charge < -0.3 is 14.8 Å². The minimum Gasteiger partial charge on any atom is -0.337 e. The van der Waals surface area contributed by atoms with Crippen LogP contribution in [0.25, 0.3) is 0 Å². The van der Waals surface area contributed by atoms with Gasteiger partial charge in [-0.2, -0.15) is 0 Å². The molecule has 0 spiro atoms. The molecule has 2 aromatic heterocycles. The van der Waals surface area contributed by atoms with E-state index < -0.39 is 0 Å². The van der Waals surface area contributed by atoms with Crippen LogP contribution < -0.4 is 5.32 Å². The van der Waals surface area contributed by atoms with Gasteiger partial charge >= 0.3 is 0 Å². The van der Waals surface area contributed by atoms with Crippen molar-refractivity contribution in [1.82, 2.24) is 24.8 Å². The van der Waals surface area contributed by atoms with Crippen molar-refractivity contribution in [1.29, 1.82) is 0 Å². The van der Waals surface area contributed by atoms with Crippen LogP contribution in [0, 0.1) is 0 Å². The summed E-state index contributed by atoms with van der Waals surface area (Å²) >= 11 is 0. The van der Waals surface area contributed by atoms with Gasteiger partial charge in [0.25, 0.3) is 0 Å². The van der Waals surface area contributed by atoms with E-state index >= 15 is 0 Å². The predicted molar refractivity (Wildman–Crippen MR) is 90.3 cm³/mol. The zero-order valence-corrected chi connectivity index (χ0v) is 13.9. The summed E-state index contributed by atoms with van der Waals surface area (Å²) in [6, 6.07) is 5.12. The Morgan fingerprint density at radius 2 is 2.17 bits per heavy atom. The monoisotopic (exact) mass is 311 g/mol. The van der Waals surface area contributed by atoms with E-state index in [1.807, 2.05) is 18.7 Å². The molecule has 1 aliphatic carbocycles. The van der Waals surface area contributed by atoms with Crippen molar-refractivity contribution in [2.24, 2.45) is 7.05 Å². The van der Waals surface area contributed by atoms with Crippen molar-refractivity contribution >= 4 is 0 Å². The van der Waals surface area contributed by atoms with E-state index in [0.717, 1.165) is 19.5 Å². The molecule has 23 heavy (non-hydrogen) atoms. The molecule has 3 atom stereocenters. The fourth-order valence-corrected chi connectivity index (χ4v) is 4.22. The molecule has 5 nitrogen and oxygen atoms in total. The second-order valence-corrected chi connectivity index (χ2v) is 7.02. The van der Waals surface area contributed by atoms with Crippen LogP contribution in [0.3, 0.4) is 0 Å². The van der Waals surface area contributed by atoms with Crippen LogP contribution in [0.15, 0.2) is 30.9 Å². The van der Waals surface area contributed by atoms with Crippen LogP contribution in [-0.4, -0.2) is 45.6 Å². The number of aromatic nitrogens is 3. The molecule has 1 saturated heterocycles. The van der Waals surface area contributed by atoms with Crippen LogP contribution in [0.1, 0.15) is 41.8 Å². The Labute approximate surface area is 137 Å². The van der Waals surface area contributed by atoms with Crippen LogP contribution >= 0.6 is 0 Å². The van der Waals surface area contributed by atoms with Gasteiger partial charge in [-0.3, -0.25) is 4.98 Å². The minimum absolute atomic E-state index is 0.382. The number of rotatable bonds is 3. The van der Waals surface area contributed by atoms with Gasteiger partial charge in [0.15, 0.2) is 0 Å². The maximum Gasteiger partial charge on any atom is 0.0945 e. The van der Waals surface area contributed by atoms with Gasteiger partial charge in [0.05, 0.1) is 18.1 Å². The molecule has 5 heteroatoms. The molecule has 0 bridgehead atoms. The van der Waals surface area contributed by atoms with Crippen molar-refractivity contribution < 1.29 is 0 Å². The fraction of sp³-hybridized carbons (Fsp3) is 0.556. The molecule has 2 aromatic rings. The first-order valence-corrected chi connectivity index (χ1v) is 8.57. The number of pyridine rings is 1. The Kier molecular flexibility index (Phi) is 3.91. The number of fused-ring (bicyclic) bond motifs is 1. The topological polar surface area (TPSA) is 46.0 Å². The number of hydrogen-bond donors (Lipinski definition) is 1. The molecule has 0 aromatic carbocycles. The maximum atomic E-state index is 4.67. The molecule has 1 fully saturated rings. The Morgan fingerprint density at radius 3 is 3.00 bits per heavy atom. The highest BCUT2D eigenvalue weighted by Gasteiger charge is 2.36. The number of aryl methyl sites for hydroxylation is 2. The van der Waals surface area contributed by atoms with Gasteiger partial charge in [0.1, 0.15) is 0 Å². The normalized spacial score (nSPS) is 28.0. The van der Waals surface area contributed by atoms with Crippen LogP contribution in [0.5, 0.6) is 0 Å². The summed E-state index contributed by atoms with van der Waals surface area (Å²) in [4.78, 5) is 11.4.